The van der Waals surface area contributed by atoms with Crippen LogP contribution in [0.1, 0.15) is 27.8 Å². The SMILES string of the molecule is CC(=O)c1cc(I)ccc1NC(=O)c1ccccn1. The van der Waals surface area contributed by atoms with E-state index in [1.54, 1.807) is 36.5 Å². The maximum Gasteiger partial charge on any atom is 0.274 e. The lowest BCUT2D eigenvalue weighted by Gasteiger charge is -2.09. The molecule has 5 heteroatoms. The van der Waals surface area contributed by atoms with E-state index in [2.05, 4.69) is 32.9 Å². The number of halogens is 1. The van der Waals surface area contributed by atoms with E-state index in [4.69, 9.17) is 0 Å². The highest BCUT2D eigenvalue weighted by atomic mass is 127. The van der Waals surface area contributed by atoms with Crippen molar-refractivity contribution in [1.82, 2.24) is 4.98 Å². The quantitative estimate of drug-likeness (QED) is 0.671. The summed E-state index contributed by atoms with van der Waals surface area (Å²) in [6.45, 7) is 1.47. The van der Waals surface area contributed by atoms with Gasteiger partial charge in [0.25, 0.3) is 5.91 Å². The number of benzene rings is 1. The van der Waals surface area contributed by atoms with Crippen molar-refractivity contribution in [2.45, 2.75) is 6.92 Å². The number of Topliss-reactive ketones (excluding diaryl/α,β-unsaturated/α-hetero) is 1. The van der Waals surface area contributed by atoms with Crippen LogP contribution in [-0.2, 0) is 0 Å². The Morgan fingerprint density at radius 1 is 1.21 bits per heavy atom. The molecule has 0 saturated heterocycles. The van der Waals surface area contributed by atoms with Crippen LogP contribution >= 0.6 is 22.6 Å². The maximum absolute atomic E-state index is 12.0. The molecule has 1 amide bonds. The van der Waals surface area contributed by atoms with E-state index >= 15 is 0 Å². The lowest BCUT2D eigenvalue weighted by Crippen LogP contribution is -2.15. The molecule has 19 heavy (non-hydrogen) atoms. The molecule has 0 fully saturated rings. The number of nitrogens with one attached hydrogen (secondary N) is 1. The second kappa shape index (κ2) is 5.92. The topological polar surface area (TPSA) is 59.1 Å². The third kappa shape index (κ3) is 3.37. The molecule has 1 heterocycles. The minimum Gasteiger partial charge on any atom is -0.320 e. The fourth-order valence-electron chi connectivity index (χ4n) is 1.60. The smallest absolute Gasteiger partial charge is 0.274 e. The van der Waals surface area contributed by atoms with Gasteiger partial charge in [-0.15, -0.1) is 0 Å². The molecule has 0 unspecified atom stereocenters. The van der Waals surface area contributed by atoms with Crippen LogP contribution < -0.4 is 5.32 Å². The average Bonchev–Trinajstić information content (AvgIpc) is 2.41. The van der Waals surface area contributed by atoms with E-state index in [-0.39, 0.29) is 11.7 Å². The van der Waals surface area contributed by atoms with Crippen molar-refractivity contribution in [3.05, 3.63) is 57.4 Å². The van der Waals surface area contributed by atoms with Gasteiger partial charge in [0.1, 0.15) is 5.69 Å². The largest absolute Gasteiger partial charge is 0.320 e. The van der Waals surface area contributed by atoms with Crippen LogP contribution in [0, 0.1) is 3.57 Å². The van der Waals surface area contributed by atoms with Gasteiger partial charge in [-0.2, -0.15) is 0 Å². The van der Waals surface area contributed by atoms with E-state index in [1.165, 1.54) is 6.92 Å². The highest BCUT2D eigenvalue weighted by molar-refractivity contribution is 14.1. The molecule has 2 aromatic rings. The predicted molar refractivity (Wildman–Crippen MR) is 81.4 cm³/mol. The lowest BCUT2D eigenvalue weighted by molar-refractivity contribution is 0.101. The van der Waals surface area contributed by atoms with Crippen LogP contribution in [-0.4, -0.2) is 16.7 Å². The van der Waals surface area contributed by atoms with Crippen LogP contribution in [0.15, 0.2) is 42.6 Å². The second-order valence-electron chi connectivity index (χ2n) is 3.92. The minimum absolute atomic E-state index is 0.0881. The van der Waals surface area contributed by atoms with Gasteiger partial charge in [-0.1, -0.05) is 6.07 Å². The summed E-state index contributed by atoms with van der Waals surface area (Å²) < 4.78 is 0.943. The summed E-state index contributed by atoms with van der Waals surface area (Å²) in [4.78, 5) is 27.5. The first-order valence-corrected chi connectivity index (χ1v) is 6.68. The van der Waals surface area contributed by atoms with E-state index in [1.807, 2.05) is 6.07 Å². The van der Waals surface area contributed by atoms with Gasteiger partial charge in [-0.25, -0.2) is 0 Å². The first kappa shape index (κ1) is 13.7. The molecule has 96 valence electrons. The number of rotatable bonds is 3. The number of nitrogens with zero attached hydrogens (tertiary/aromatic N) is 1. The Bertz CT molecular complexity index is 627. The van der Waals surface area contributed by atoms with E-state index in [9.17, 15) is 9.59 Å². The first-order valence-electron chi connectivity index (χ1n) is 5.61. The van der Waals surface area contributed by atoms with Crippen LogP contribution in [0.2, 0.25) is 0 Å². The van der Waals surface area contributed by atoms with Crippen molar-refractivity contribution in [2.75, 3.05) is 5.32 Å². The molecule has 1 aromatic heterocycles. The normalized spacial score (nSPS) is 10.0. The summed E-state index contributed by atoms with van der Waals surface area (Å²) in [6.07, 6.45) is 1.55. The fraction of sp³-hybridized carbons (Fsp3) is 0.0714. The average molecular weight is 366 g/mol. The minimum atomic E-state index is -0.329. The van der Waals surface area contributed by atoms with Crippen molar-refractivity contribution in [2.24, 2.45) is 0 Å². The molecular formula is C14H11IN2O2. The zero-order chi connectivity index (χ0) is 13.8. The van der Waals surface area contributed by atoms with Crippen LogP contribution in [0.25, 0.3) is 0 Å². The number of carbonyl (C=O) groups is 2. The highest BCUT2D eigenvalue weighted by Crippen LogP contribution is 2.20. The Morgan fingerprint density at radius 2 is 2.00 bits per heavy atom. The number of hydrogen-bond acceptors (Lipinski definition) is 3. The zero-order valence-corrected chi connectivity index (χ0v) is 12.3. The highest BCUT2D eigenvalue weighted by Gasteiger charge is 2.12. The van der Waals surface area contributed by atoms with Crippen molar-refractivity contribution < 1.29 is 9.59 Å². The number of aromatic nitrogens is 1. The molecule has 4 nitrogen and oxygen atoms in total. The van der Waals surface area contributed by atoms with Crippen LogP contribution in [0.3, 0.4) is 0 Å². The number of ketones is 1. The number of pyridine rings is 1. The summed E-state index contributed by atoms with van der Waals surface area (Å²) in [5, 5.41) is 2.71. The number of hydrogen-bond donors (Lipinski definition) is 1. The molecular weight excluding hydrogens is 355 g/mol. The summed E-state index contributed by atoms with van der Waals surface area (Å²) in [7, 11) is 0. The Balaban J connectivity index is 2.29. The Kier molecular flexibility index (Phi) is 4.26. The Labute approximate surface area is 124 Å². The van der Waals surface area contributed by atoms with Crippen molar-refractivity contribution in [3.8, 4) is 0 Å². The molecule has 2 rings (SSSR count). The molecule has 0 atom stereocenters. The zero-order valence-electron chi connectivity index (χ0n) is 10.2. The number of amides is 1. The molecule has 0 aliphatic heterocycles. The van der Waals surface area contributed by atoms with E-state index in [0.717, 1.165) is 3.57 Å². The summed E-state index contributed by atoms with van der Waals surface area (Å²) in [5.74, 6) is -0.417. The lowest BCUT2D eigenvalue weighted by atomic mass is 10.1. The van der Waals surface area contributed by atoms with Crippen LogP contribution in [0.5, 0.6) is 0 Å². The van der Waals surface area contributed by atoms with Gasteiger partial charge < -0.3 is 5.32 Å². The number of anilines is 1. The molecule has 1 aromatic carbocycles. The summed E-state index contributed by atoms with van der Waals surface area (Å²) in [6, 6.07) is 10.4. The van der Waals surface area contributed by atoms with E-state index in [0.29, 0.717) is 16.9 Å². The standard InChI is InChI=1S/C14H11IN2O2/c1-9(18)11-8-10(15)5-6-12(11)17-14(19)13-4-2-3-7-16-13/h2-8H,1H3,(H,17,19). The van der Waals surface area contributed by atoms with Crippen molar-refractivity contribution >= 4 is 40.0 Å². The monoisotopic (exact) mass is 366 g/mol. The Hall–Kier alpha value is -1.76. The first-order chi connectivity index (χ1) is 9.08. The summed E-state index contributed by atoms with van der Waals surface area (Å²) in [5.41, 5.74) is 1.32. The van der Waals surface area contributed by atoms with E-state index < -0.39 is 0 Å². The van der Waals surface area contributed by atoms with Gasteiger partial charge in [-0.05, 0) is 59.8 Å². The molecule has 0 aliphatic rings. The molecule has 0 radical (unpaired) electrons. The van der Waals surface area contributed by atoms with Crippen molar-refractivity contribution in [3.63, 3.8) is 0 Å². The fourth-order valence-corrected chi connectivity index (χ4v) is 2.09. The van der Waals surface area contributed by atoms with Crippen LogP contribution in [0.4, 0.5) is 5.69 Å². The van der Waals surface area contributed by atoms with Gasteiger partial charge in [0.2, 0.25) is 0 Å². The third-order valence-corrected chi connectivity index (χ3v) is 3.18. The summed E-state index contributed by atoms with van der Waals surface area (Å²) >= 11 is 2.12. The van der Waals surface area contributed by atoms with Gasteiger partial charge in [0, 0.05) is 15.3 Å². The van der Waals surface area contributed by atoms with Gasteiger partial charge >= 0.3 is 0 Å². The molecule has 0 bridgehead atoms. The second-order valence-corrected chi connectivity index (χ2v) is 5.16. The van der Waals surface area contributed by atoms with Gasteiger partial charge in [0.15, 0.2) is 5.78 Å². The Morgan fingerprint density at radius 3 is 2.63 bits per heavy atom. The van der Waals surface area contributed by atoms with Gasteiger partial charge in [0.05, 0.1) is 5.69 Å². The molecule has 0 spiro atoms. The predicted octanol–water partition coefficient (Wildman–Crippen LogP) is 3.14. The van der Waals surface area contributed by atoms with Crippen molar-refractivity contribution in [1.29, 1.82) is 0 Å². The molecule has 0 aliphatic carbocycles. The number of carbonyl (C=O) groups excluding carboxylic acids is 2. The molecule has 1 N–H and O–H groups in total. The maximum atomic E-state index is 12.0. The van der Waals surface area contributed by atoms with Gasteiger partial charge in [-0.3, -0.25) is 14.6 Å². The molecule has 0 saturated carbocycles. The third-order valence-electron chi connectivity index (χ3n) is 2.51.